The van der Waals surface area contributed by atoms with Gasteiger partial charge in [0.05, 0.1) is 13.7 Å². The molecule has 9 heteroatoms. The molecule has 0 saturated heterocycles. The van der Waals surface area contributed by atoms with E-state index in [0.29, 0.717) is 17.0 Å². The standard InChI is InChI=1S/C33H41N3O6/c1-22-18-23(2)20-25(19-22)29(30(38)34-26-12-14-27(41-6)15-13-26)36(16-17-37)31(39)28(21-24-10-8-7-9-11-24)35-32(40)42-33(3,4)5/h7-15,18-20,28-29,37H,16-17,21H2,1-6H3,(H,34,38)(H,35,40). The van der Waals surface area contributed by atoms with E-state index >= 15 is 0 Å². The number of alkyl carbamates (subject to hydrolysis) is 1. The van der Waals surface area contributed by atoms with Gasteiger partial charge in [-0.15, -0.1) is 0 Å². The molecular formula is C33H41N3O6. The molecule has 0 bridgehead atoms. The number of aliphatic hydroxyl groups excluding tert-OH is 1. The van der Waals surface area contributed by atoms with E-state index in [-0.39, 0.29) is 13.0 Å². The van der Waals surface area contributed by atoms with Crippen LogP contribution in [-0.4, -0.2) is 59.8 Å². The number of carbonyl (C=O) groups is 3. The van der Waals surface area contributed by atoms with Crippen molar-refractivity contribution in [3.63, 3.8) is 0 Å². The van der Waals surface area contributed by atoms with Crippen molar-refractivity contribution in [2.24, 2.45) is 0 Å². The number of benzene rings is 3. The number of anilines is 1. The Morgan fingerprint density at radius 1 is 0.929 bits per heavy atom. The molecule has 0 aliphatic rings. The zero-order valence-electron chi connectivity index (χ0n) is 25.1. The minimum Gasteiger partial charge on any atom is -0.497 e. The van der Waals surface area contributed by atoms with Crippen LogP contribution >= 0.6 is 0 Å². The van der Waals surface area contributed by atoms with E-state index in [4.69, 9.17) is 9.47 Å². The van der Waals surface area contributed by atoms with Crippen LogP contribution in [0.5, 0.6) is 5.75 Å². The quantitative estimate of drug-likeness (QED) is 0.298. The Hall–Kier alpha value is -4.37. The highest BCUT2D eigenvalue weighted by Crippen LogP contribution is 2.27. The molecule has 3 amide bonds. The number of ether oxygens (including phenoxy) is 2. The summed E-state index contributed by atoms with van der Waals surface area (Å²) < 4.78 is 10.7. The lowest BCUT2D eigenvalue weighted by Crippen LogP contribution is -2.53. The van der Waals surface area contributed by atoms with Crippen LogP contribution in [-0.2, 0) is 20.7 Å². The van der Waals surface area contributed by atoms with Gasteiger partial charge in [-0.25, -0.2) is 4.79 Å². The smallest absolute Gasteiger partial charge is 0.408 e. The van der Waals surface area contributed by atoms with Crippen LogP contribution in [0.4, 0.5) is 10.5 Å². The number of rotatable bonds is 11. The molecule has 3 rings (SSSR count). The summed E-state index contributed by atoms with van der Waals surface area (Å²) in [5.41, 5.74) is 2.94. The molecular weight excluding hydrogens is 534 g/mol. The predicted molar refractivity (Wildman–Crippen MR) is 162 cm³/mol. The van der Waals surface area contributed by atoms with E-state index in [1.54, 1.807) is 52.1 Å². The Labute approximate surface area is 247 Å². The number of aliphatic hydroxyl groups is 1. The van der Waals surface area contributed by atoms with Crippen molar-refractivity contribution in [1.82, 2.24) is 10.2 Å². The Morgan fingerprint density at radius 3 is 2.10 bits per heavy atom. The second-order valence-corrected chi connectivity index (χ2v) is 11.2. The first-order valence-corrected chi connectivity index (χ1v) is 13.9. The van der Waals surface area contributed by atoms with Gasteiger partial charge in [-0.1, -0.05) is 59.7 Å². The summed E-state index contributed by atoms with van der Waals surface area (Å²) in [6, 6.07) is 19.6. The van der Waals surface area contributed by atoms with E-state index in [2.05, 4.69) is 10.6 Å². The van der Waals surface area contributed by atoms with Gasteiger partial charge in [-0.3, -0.25) is 9.59 Å². The summed E-state index contributed by atoms with van der Waals surface area (Å²) in [7, 11) is 1.55. The van der Waals surface area contributed by atoms with E-state index in [1.165, 1.54) is 4.90 Å². The monoisotopic (exact) mass is 575 g/mol. The Kier molecular flexibility index (Phi) is 11.1. The van der Waals surface area contributed by atoms with Crippen molar-refractivity contribution in [3.05, 3.63) is 95.1 Å². The number of hydrogen-bond donors (Lipinski definition) is 3. The molecule has 3 aromatic rings. The van der Waals surface area contributed by atoms with Crippen LogP contribution in [0.25, 0.3) is 0 Å². The minimum atomic E-state index is -1.11. The third kappa shape index (κ3) is 9.34. The largest absolute Gasteiger partial charge is 0.497 e. The van der Waals surface area contributed by atoms with Gasteiger partial charge in [0, 0.05) is 18.7 Å². The lowest BCUT2D eigenvalue weighted by Gasteiger charge is -2.34. The number of nitrogens with one attached hydrogen (secondary N) is 2. The molecule has 2 atom stereocenters. The molecule has 42 heavy (non-hydrogen) atoms. The van der Waals surface area contributed by atoms with Gasteiger partial charge in [0.15, 0.2) is 0 Å². The maximum Gasteiger partial charge on any atom is 0.408 e. The van der Waals surface area contributed by atoms with E-state index in [9.17, 15) is 19.5 Å². The molecule has 3 aromatic carbocycles. The molecule has 0 aromatic heterocycles. The Bertz CT molecular complexity index is 1330. The van der Waals surface area contributed by atoms with Crippen molar-refractivity contribution < 1.29 is 29.0 Å². The Balaban J connectivity index is 2.05. The molecule has 0 saturated carbocycles. The summed E-state index contributed by atoms with van der Waals surface area (Å²) >= 11 is 0. The zero-order chi connectivity index (χ0) is 30.9. The lowest BCUT2D eigenvalue weighted by atomic mass is 9.97. The average molecular weight is 576 g/mol. The first-order chi connectivity index (χ1) is 19.9. The number of amides is 3. The molecule has 9 nitrogen and oxygen atoms in total. The topological polar surface area (TPSA) is 117 Å². The fraction of sp³-hybridized carbons (Fsp3) is 0.364. The second kappa shape index (κ2) is 14.5. The summed E-state index contributed by atoms with van der Waals surface area (Å²) in [4.78, 5) is 42.5. The molecule has 3 N–H and O–H groups in total. The molecule has 0 fully saturated rings. The minimum absolute atomic E-state index is 0.145. The van der Waals surface area contributed by atoms with E-state index in [1.807, 2.05) is 62.4 Å². The van der Waals surface area contributed by atoms with E-state index < -0.39 is 42.2 Å². The number of hydrogen-bond acceptors (Lipinski definition) is 6. The molecule has 2 unspecified atom stereocenters. The van der Waals surface area contributed by atoms with Crippen molar-refractivity contribution in [2.45, 2.75) is 58.7 Å². The number of aryl methyl sites for hydroxylation is 2. The molecule has 0 radical (unpaired) electrons. The molecule has 0 heterocycles. The van der Waals surface area contributed by atoms with Crippen molar-refractivity contribution >= 4 is 23.6 Å². The number of methoxy groups -OCH3 is 1. The highest BCUT2D eigenvalue weighted by Gasteiger charge is 2.36. The third-order valence-corrected chi connectivity index (χ3v) is 6.37. The summed E-state index contributed by atoms with van der Waals surface area (Å²) in [6.07, 6.45) is -0.605. The van der Waals surface area contributed by atoms with Crippen LogP contribution < -0.4 is 15.4 Å². The van der Waals surface area contributed by atoms with Gasteiger partial charge in [0.1, 0.15) is 23.4 Å². The normalized spacial score (nSPS) is 12.5. The third-order valence-electron chi connectivity index (χ3n) is 6.37. The van der Waals surface area contributed by atoms with Gasteiger partial charge >= 0.3 is 6.09 Å². The first-order valence-electron chi connectivity index (χ1n) is 13.9. The van der Waals surface area contributed by atoms with Crippen LogP contribution in [0.3, 0.4) is 0 Å². The zero-order valence-corrected chi connectivity index (χ0v) is 25.1. The number of carbonyl (C=O) groups excluding carboxylic acids is 3. The Morgan fingerprint density at radius 2 is 1.55 bits per heavy atom. The lowest BCUT2D eigenvalue weighted by molar-refractivity contribution is -0.141. The maximum atomic E-state index is 14.3. The van der Waals surface area contributed by atoms with Gasteiger partial charge in [-0.05, 0) is 70.0 Å². The summed E-state index contributed by atoms with van der Waals surface area (Å²) in [5, 5.41) is 15.7. The molecule has 0 spiro atoms. The highest BCUT2D eigenvalue weighted by atomic mass is 16.6. The number of nitrogens with zero attached hydrogens (tertiary/aromatic N) is 1. The molecule has 0 aliphatic carbocycles. The summed E-state index contributed by atoms with van der Waals surface area (Å²) in [5.74, 6) is -0.372. The molecule has 0 aliphatic heterocycles. The maximum absolute atomic E-state index is 14.3. The van der Waals surface area contributed by atoms with Gasteiger partial charge in [0.25, 0.3) is 5.91 Å². The van der Waals surface area contributed by atoms with Crippen LogP contribution in [0.1, 0.15) is 49.1 Å². The van der Waals surface area contributed by atoms with Crippen molar-refractivity contribution in [1.29, 1.82) is 0 Å². The fourth-order valence-corrected chi connectivity index (χ4v) is 4.70. The predicted octanol–water partition coefficient (Wildman–Crippen LogP) is 4.95. The second-order valence-electron chi connectivity index (χ2n) is 11.2. The van der Waals surface area contributed by atoms with Crippen molar-refractivity contribution in [3.8, 4) is 5.75 Å². The van der Waals surface area contributed by atoms with Gasteiger partial charge in [-0.2, -0.15) is 0 Å². The average Bonchev–Trinajstić information content (AvgIpc) is 2.91. The van der Waals surface area contributed by atoms with Crippen LogP contribution in [0.15, 0.2) is 72.8 Å². The summed E-state index contributed by atoms with van der Waals surface area (Å²) in [6.45, 7) is 8.49. The first kappa shape index (κ1) is 32.1. The van der Waals surface area contributed by atoms with Crippen molar-refractivity contribution in [2.75, 3.05) is 25.6 Å². The van der Waals surface area contributed by atoms with Gasteiger partial charge in [0.2, 0.25) is 5.91 Å². The fourth-order valence-electron chi connectivity index (χ4n) is 4.70. The van der Waals surface area contributed by atoms with E-state index in [0.717, 1.165) is 16.7 Å². The SMILES string of the molecule is COc1ccc(NC(=O)C(c2cc(C)cc(C)c2)N(CCO)C(=O)C(Cc2ccccc2)NC(=O)OC(C)(C)C)cc1. The highest BCUT2D eigenvalue weighted by molar-refractivity contribution is 5.99. The van der Waals surface area contributed by atoms with Gasteiger partial charge < -0.3 is 30.1 Å². The molecule has 224 valence electrons. The van der Waals surface area contributed by atoms with Crippen LogP contribution in [0, 0.1) is 13.8 Å². The van der Waals surface area contributed by atoms with Crippen LogP contribution in [0.2, 0.25) is 0 Å².